The largest absolute Gasteiger partial charge is 0.466 e. The number of aliphatic hydroxyl groups excluding tert-OH is 2. The van der Waals surface area contributed by atoms with Crippen LogP contribution in [0.15, 0.2) is 36.5 Å². The van der Waals surface area contributed by atoms with Crippen molar-refractivity contribution >= 4 is 11.9 Å². The molecule has 2 unspecified atom stereocenters. The summed E-state index contributed by atoms with van der Waals surface area (Å²) in [6.07, 6.45) is 61.6. The van der Waals surface area contributed by atoms with Crippen LogP contribution in [-0.2, 0) is 14.3 Å². The van der Waals surface area contributed by atoms with Crippen LogP contribution in [0.4, 0.5) is 0 Å². The van der Waals surface area contributed by atoms with Crippen LogP contribution >= 0.6 is 0 Å². The molecule has 1 amide bonds. The molecule has 0 aromatic carbocycles. The molecule has 2 atom stereocenters. The van der Waals surface area contributed by atoms with Gasteiger partial charge >= 0.3 is 5.97 Å². The minimum atomic E-state index is -0.849. The third-order valence-electron chi connectivity index (χ3n) is 12.2. The van der Waals surface area contributed by atoms with Crippen LogP contribution < -0.4 is 5.32 Å². The molecule has 3 N–H and O–H groups in total. The van der Waals surface area contributed by atoms with E-state index in [1.165, 1.54) is 193 Å². The van der Waals surface area contributed by atoms with Crippen molar-refractivity contribution < 1.29 is 24.5 Å². The highest BCUT2D eigenvalue weighted by atomic mass is 16.5. The maximum Gasteiger partial charge on any atom is 0.305 e. The van der Waals surface area contributed by atoms with Crippen LogP contribution in [0.5, 0.6) is 0 Å². The molecule has 0 saturated heterocycles. The van der Waals surface area contributed by atoms with Crippen molar-refractivity contribution in [2.45, 2.75) is 289 Å². The van der Waals surface area contributed by atoms with Gasteiger partial charge in [-0.25, -0.2) is 0 Å². The van der Waals surface area contributed by atoms with Gasteiger partial charge in [-0.2, -0.15) is 0 Å². The summed E-state index contributed by atoms with van der Waals surface area (Å²) in [6.45, 7) is 4.86. The number of hydrogen-bond donors (Lipinski definition) is 3. The third kappa shape index (κ3) is 47.4. The second kappa shape index (κ2) is 50.7. The number of hydrogen-bond acceptors (Lipinski definition) is 5. The van der Waals surface area contributed by atoms with Gasteiger partial charge in [0, 0.05) is 12.8 Å². The number of esters is 1. The van der Waals surface area contributed by atoms with Crippen LogP contribution in [0.1, 0.15) is 277 Å². The summed E-state index contributed by atoms with van der Waals surface area (Å²) < 4.78 is 5.45. The first kappa shape index (κ1) is 59.1. The zero-order valence-electron chi connectivity index (χ0n) is 40.6. The summed E-state index contributed by atoms with van der Waals surface area (Å²) in [4.78, 5) is 24.3. The summed E-state index contributed by atoms with van der Waals surface area (Å²) in [7, 11) is 0. The molecule has 0 aromatic rings. The lowest BCUT2D eigenvalue weighted by Crippen LogP contribution is -2.45. The highest BCUT2D eigenvalue weighted by Crippen LogP contribution is 2.15. The number of aliphatic hydroxyl groups is 2. The third-order valence-corrected chi connectivity index (χ3v) is 12.2. The van der Waals surface area contributed by atoms with Crippen molar-refractivity contribution in [3.63, 3.8) is 0 Å². The molecule has 6 nitrogen and oxygen atoms in total. The molecule has 0 fully saturated rings. The Hall–Kier alpha value is -1.92. The monoisotopic (exact) mass is 858 g/mol. The zero-order chi connectivity index (χ0) is 44.4. The van der Waals surface area contributed by atoms with E-state index in [1.54, 1.807) is 6.08 Å². The van der Waals surface area contributed by atoms with E-state index in [2.05, 4.69) is 43.5 Å². The number of amides is 1. The van der Waals surface area contributed by atoms with E-state index in [0.29, 0.717) is 19.4 Å². The number of rotatable bonds is 49. The predicted octanol–water partition coefficient (Wildman–Crippen LogP) is 16.1. The van der Waals surface area contributed by atoms with Gasteiger partial charge in [0.2, 0.25) is 5.91 Å². The molecule has 0 radical (unpaired) electrons. The van der Waals surface area contributed by atoms with Crippen LogP contribution in [0.2, 0.25) is 0 Å². The van der Waals surface area contributed by atoms with E-state index in [1.807, 2.05) is 6.08 Å². The standard InChI is InChI=1S/C55H103NO5/c1-3-5-7-9-11-13-28-33-37-41-45-49-55(60)61-50-46-42-38-34-30-27-25-23-21-19-17-15-16-18-20-22-24-26-29-32-36-40-44-48-54(59)56-52(51-57)53(58)47-43-39-35-31-14-12-10-8-6-4-2/h15,17-18,20,43,47,52-53,57-58H,3-14,16,19,21-42,44-46,48-51H2,1-2H3,(H,56,59)/b17-15-,20-18-,47-43+. The average Bonchev–Trinajstić information content (AvgIpc) is 3.26. The van der Waals surface area contributed by atoms with E-state index < -0.39 is 12.1 Å². The SMILES string of the molecule is CCCCCCCCCC/C=C/C(O)C(CO)NC(=O)CCCCCCCCC/C=C\C/C=C\CCCCCCCCCCCOC(=O)CCCCCCCCCCCCC. The first-order chi connectivity index (χ1) is 30.0. The quantitative estimate of drug-likeness (QED) is 0.0322. The van der Waals surface area contributed by atoms with Crippen LogP contribution in [-0.4, -0.2) is 47.4 Å². The molecule has 6 heteroatoms. The minimum absolute atomic E-state index is 0.00550. The van der Waals surface area contributed by atoms with Crippen molar-refractivity contribution in [2.24, 2.45) is 0 Å². The Morgan fingerprint density at radius 2 is 0.820 bits per heavy atom. The van der Waals surface area contributed by atoms with Crippen molar-refractivity contribution in [3.8, 4) is 0 Å². The maximum absolute atomic E-state index is 12.4. The molecule has 0 heterocycles. The Bertz CT molecular complexity index is 993. The lowest BCUT2D eigenvalue weighted by atomic mass is 10.1. The summed E-state index contributed by atoms with van der Waals surface area (Å²) >= 11 is 0. The molecule has 0 bridgehead atoms. The predicted molar refractivity (Wildman–Crippen MR) is 264 cm³/mol. The van der Waals surface area contributed by atoms with Gasteiger partial charge in [0.05, 0.1) is 25.4 Å². The molecule has 0 aliphatic rings. The Kier molecular flexibility index (Phi) is 49.1. The van der Waals surface area contributed by atoms with E-state index in [9.17, 15) is 19.8 Å². The Morgan fingerprint density at radius 3 is 1.25 bits per heavy atom. The second-order valence-electron chi connectivity index (χ2n) is 18.2. The molecule has 0 spiro atoms. The van der Waals surface area contributed by atoms with Gasteiger partial charge in [-0.05, 0) is 64.2 Å². The highest BCUT2D eigenvalue weighted by Gasteiger charge is 2.18. The molecule has 358 valence electrons. The lowest BCUT2D eigenvalue weighted by Gasteiger charge is -2.20. The van der Waals surface area contributed by atoms with E-state index >= 15 is 0 Å². The van der Waals surface area contributed by atoms with Gasteiger partial charge in [0.15, 0.2) is 0 Å². The molecule has 0 aliphatic carbocycles. The normalized spacial score (nSPS) is 12.9. The zero-order valence-corrected chi connectivity index (χ0v) is 40.6. The Labute approximate surface area is 379 Å². The first-order valence-corrected chi connectivity index (χ1v) is 26.8. The number of carbonyl (C=O) groups excluding carboxylic acids is 2. The fourth-order valence-corrected chi connectivity index (χ4v) is 8.02. The fourth-order valence-electron chi connectivity index (χ4n) is 8.02. The van der Waals surface area contributed by atoms with Crippen LogP contribution in [0, 0.1) is 0 Å². The lowest BCUT2D eigenvalue weighted by molar-refractivity contribution is -0.143. The van der Waals surface area contributed by atoms with Gasteiger partial charge in [-0.1, -0.05) is 237 Å². The van der Waals surface area contributed by atoms with Crippen molar-refractivity contribution in [2.75, 3.05) is 13.2 Å². The molecular formula is C55H103NO5. The number of nitrogens with one attached hydrogen (secondary N) is 1. The summed E-state index contributed by atoms with van der Waals surface area (Å²) in [6, 6.07) is -0.633. The van der Waals surface area contributed by atoms with Gasteiger partial charge in [-0.3, -0.25) is 9.59 Å². The molecule has 0 aliphatic heterocycles. The van der Waals surface area contributed by atoms with Crippen LogP contribution in [0.25, 0.3) is 0 Å². The second-order valence-corrected chi connectivity index (χ2v) is 18.2. The van der Waals surface area contributed by atoms with Crippen molar-refractivity contribution in [1.29, 1.82) is 0 Å². The number of carbonyl (C=O) groups is 2. The van der Waals surface area contributed by atoms with Crippen molar-refractivity contribution in [3.05, 3.63) is 36.5 Å². The number of ether oxygens (including phenoxy) is 1. The van der Waals surface area contributed by atoms with Gasteiger partial charge in [0.25, 0.3) is 0 Å². The molecule has 0 rings (SSSR count). The topological polar surface area (TPSA) is 95.9 Å². The van der Waals surface area contributed by atoms with E-state index in [-0.39, 0.29) is 18.5 Å². The number of allylic oxidation sites excluding steroid dienone is 5. The molecular weight excluding hydrogens is 755 g/mol. The van der Waals surface area contributed by atoms with Gasteiger partial charge < -0.3 is 20.3 Å². The first-order valence-electron chi connectivity index (χ1n) is 26.8. The van der Waals surface area contributed by atoms with E-state index in [0.717, 1.165) is 57.8 Å². The highest BCUT2D eigenvalue weighted by molar-refractivity contribution is 5.76. The average molecular weight is 858 g/mol. The smallest absolute Gasteiger partial charge is 0.305 e. The molecule has 0 aromatic heterocycles. The molecule has 0 saturated carbocycles. The summed E-state index contributed by atoms with van der Waals surface area (Å²) in [5.41, 5.74) is 0. The van der Waals surface area contributed by atoms with Crippen molar-refractivity contribution in [1.82, 2.24) is 5.32 Å². The van der Waals surface area contributed by atoms with E-state index in [4.69, 9.17) is 4.74 Å². The summed E-state index contributed by atoms with van der Waals surface area (Å²) in [5, 5.41) is 22.9. The number of unbranched alkanes of at least 4 members (excludes halogenated alkanes) is 34. The van der Waals surface area contributed by atoms with Gasteiger partial charge in [-0.15, -0.1) is 0 Å². The van der Waals surface area contributed by atoms with Crippen LogP contribution in [0.3, 0.4) is 0 Å². The Balaban J connectivity index is 3.46. The fraction of sp³-hybridized carbons (Fsp3) is 0.855. The minimum Gasteiger partial charge on any atom is -0.466 e. The summed E-state index contributed by atoms with van der Waals surface area (Å²) in [5.74, 6) is -0.0754. The Morgan fingerprint density at radius 1 is 0.459 bits per heavy atom. The van der Waals surface area contributed by atoms with Gasteiger partial charge in [0.1, 0.15) is 0 Å². The molecule has 61 heavy (non-hydrogen) atoms. The maximum atomic E-state index is 12.4.